The van der Waals surface area contributed by atoms with Gasteiger partial charge in [-0.25, -0.2) is 13.4 Å². The van der Waals surface area contributed by atoms with Gasteiger partial charge in [0.2, 0.25) is 5.91 Å². The first-order chi connectivity index (χ1) is 14.4. The molecule has 0 radical (unpaired) electrons. The number of benzene rings is 2. The average Bonchev–Trinajstić information content (AvgIpc) is 3.18. The Balaban J connectivity index is 1.33. The van der Waals surface area contributed by atoms with E-state index in [0.717, 1.165) is 11.1 Å². The summed E-state index contributed by atoms with van der Waals surface area (Å²) in [7, 11) is -3.59. The number of piperidine rings is 1. The van der Waals surface area contributed by atoms with Crippen LogP contribution in [0.4, 0.5) is 0 Å². The number of nitrogens with zero attached hydrogens (tertiary/aromatic N) is 3. The highest BCUT2D eigenvalue weighted by Gasteiger charge is 2.29. The number of oxazole rings is 1. The van der Waals surface area contributed by atoms with E-state index >= 15 is 0 Å². The van der Waals surface area contributed by atoms with Crippen molar-refractivity contribution in [3.8, 4) is 6.07 Å². The Kier molecular flexibility index (Phi) is 5.55. The van der Waals surface area contributed by atoms with Crippen molar-refractivity contribution in [1.82, 2.24) is 9.88 Å². The van der Waals surface area contributed by atoms with Gasteiger partial charge in [0, 0.05) is 19.0 Å². The van der Waals surface area contributed by atoms with E-state index in [0.29, 0.717) is 42.9 Å². The molecule has 1 amide bonds. The summed E-state index contributed by atoms with van der Waals surface area (Å²) in [6.07, 6.45) is 1.38. The fraction of sp³-hybridized carbons (Fsp3) is 0.318. The maximum Gasteiger partial charge on any atom is 0.237 e. The molecule has 3 aromatic rings. The molecule has 0 atom stereocenters. The summed E-state index contributed by atoms with van der Waals surface area (Å²) in [4.78, 5) is 18.7. The minimum atomic E-state index is -3.59. The van der Waals surface area contributed by atoms with Gasteiger partial charge in [-0.3, -0.25) is 4.79 Å². The van der Waals surface area contributed by atoms with Gasteiger partial charge >= 0.3 is 0 Å². The molecule has 154 valence electrons. The van der Waals surface area contributed by atoms with Crippen LogP contribution in [0.2, 0.25) is 0 Å². The van der Waals surface area contributed by atoms with Gasteiger partial charge in [-0.05, 0) is 42.7 Å². The van der Waals surface area contributed by atoms with Gasteiger partial charge in [-0.2, -0.15) is 5.26 Å². The third kappa shape index (κ3) is 4.52. The molecule has 0 aliphatic carbocycles. The highest BCUT2D eigenvalue weighted by atomic mass is 32.2. The molecule has 1 fully saturated rings. The van der Waals surface area contributed by atoms with Crippen molar-refractivity contribution in [3.63, 3.8) is 0 Å². The second-order valence-corrected chi connectivity index (χ2v) is 9.58. The fourth-order valence-electron chi connectivity index (χ4n) is 3.70. The van der Waals surface area contributed by atoms with Gasteiger partial charge in [-0.15, -0.1) is 0 Å². The van der Waals surface area contributed by atoms with Gasteiger partial charge < -0.3 is 9.32 Å². The minimum Gasteiger partial charge on any atom is -0.440 e. The molecule has 30 heavy (non-hydrogen) atoms. The number of likely N-dealkylation sites (tertiary alicyclic amines) is 1. The number of sulfone groups is 1. The number of hydrogen-bond donors (Lipinski definition) is 0. The van der Waals surface area contributed by atoms with Crippen LogP contribution in [0.3, 0.4) is 0 Å². The van der Waals surface area contributed by atoms with E-state index in [1.54, 1.807) is 29.2 Å². The van der Waals surface area contributed by atoms with E-state index in [1.165, 1.54) is 0 Å². The van der Waals surface area contributed by atoms with Crippen LogP contribution in [-0.2, 0) is 20.4 Å². The Morgan fingerprint density at radius 2 is 1.83 bits per heavy atom. The van der Waals surface area contributed by atoms with Crippen LogP contribution in [0.25, 0.3) is 11.1 Å². The normalized spacial score (nSPS) is 15.2. The largest absolute Gasteiger partial charge is 0.440 e. The zero-order valence-corrected chi connectivity index (χ0v) is 17.1. The van der Waals surface area contributed by atoms with E-state index < -0.39 is 15.6 Å². The fourth-order valence-corrected chi connectivity index (χ4v) is 5.06. The zero-order valence-electron chi connectivity index (χ0n) is 16.3. The molecule has 0 unspecified atom stereocenters. The van der Waals surface area contributed by atoms with Crippen LogP contribution in [0.5, 0.6) is 0 Å². The molecule has 0 spiro atoms. The third-order valence-electron chi connectivity index (χ3n) is 5.32. The van der Waals surface area contributed by atoms with Gasteiger partial charge in [0.1, 0.15) is 11.3 Å². The third-order valence-corrected chi connectivity index (χ3v) is 6.78. The number of carbonyl (C=O) groups is 1. The highest BCUT2D eigenvalue weighted by molar-refractivity contribution is 7.91. The smallest absolute Gasteiger partial charge is 0.237 e. The molecule has 1 saturated heterocycles. The number of hydrogen-bond acceptors (Lipinski definition) is 6. The van der Waals surface area contributed by atoms with Crippen molar-refractivity contribution in [3.05, 3.63) is 65.5 Å². The topological polar surface area (TPSA) is 104 Å². The summed E-state index contributed by atoms with van der Waals surface area (Å²) in [5.41, 5.74) is 2.60. The zero-order chi connectivity index (χ0) is 21.1. The first kappa shape index (κ1) is 20.1. The van der Waals surface area contributed by atoms with Crippen molar-refractivity contribution in [2.75, 3.05) is 18.8 Å². The maximum absolute atomic E-state index is 12.6. The van der Waals surface area contributed by atoms with Gasteiger partial charge in [0.05, 0.1) is 17.4 Å². The van der Waals surface area contributed by atoms with Crippen molar-refractivity contribution in [1.29, 1.82) is 5.26 Å². The molecule has 1 aliphatic heterocycles. The van der Waals surface area contributed by atoms with Crippen molar-refractivity contribution in [2.45, 2.75) is 24.5 Å². The Hall–Kier alpha value is -3.18. The number of aromatic nitrogens is 1. The Morgan fingerprint density at radius 3 is 2.50 bits per heavy atom. The summed E-state index contributed by atoms with van der Waals surface area (Å²) in [5, 5.41) is 8.82. The maximum atomic E-state index is 12.6. The number of carbonyl (C=O) groups excluding carboxylic acids is 1. The number of rotatable bonds is 5. The quantitative estimate of drug-likeness (QED) is 0.625. The van der Waals surface area contributed by atoms with Crippen LogP contribution in [-0.4, -0.2) is 43.1 Å². The van der Waals surface area contributed by atoms with Gasteiger partial charge in [0.15, 0.2) is 21.3 Å². The summed E-state index contributed by atoms with van der Waals surface area (Å²) >= 11 is 0. The second-order valence-electron chi connectivity index (χ2n) is 7.52. The molecular formula is C22H21N3O4S. The number of nitriles is 1. The van der Waals surface area contributed by atoms with Crippen LogP contribution in [0.15, 0.2) is 52.9 Å². The molecule has 8 heteroatoms. The average molecular weight is 423 g/mol. The standard InChI is InChI=1S/C22H21N3O4S/c23-13-16-5-7-17(8-6-16)14-30(27,28)15-21(26)25-11-9-18(10-12-25)22-24-19-3-1-2-4-20(19)29-22/h1-8,18H,9-12,14-15H2. The Bertz CT molecular complexity index is 1170. The molecule has 1 aliphatic rings. The number of para-hydroxylation sites is 2. The van der Waals surface area contributed by atoms with Gasteiger partial charge in [-0.1, -0.05) is 24.3 Å². The summed E-state index contributed by atoms with van der Waals surface area (Å²) < 4.78 is 30.7. The first-order valence-corrected chi connectivity index (χ1v) is 11.6. The van der Waals surface area contributed by atoms with E-state index in [9.17, 15) is 13.2 Å². The minimum absolute atomic E-state index is 0.122. The van der Waals surface area contributed by atoms with Crippen LogP contribution >= 0.6 is 0 Å². The first-order valence-electron chi connectivity index (χ1n) is 9.76. The number of amides is 1. The molecule has 4 rings (SSSR count). The summed E-state index contributed by atoms with van der Waals surface area (Å²) in [5.74, 6) is -0.308. The molecule has 7 nitrogen and oxygen atoms in total. The van der Waals surface area contributed by atoms with Crippen molar-refractivity contribution < 1.29 is 17.6 Å². The lowest BCUT2D eigenvalue weighted by Gasteiger charge is -2.30. The van der Waals surface area contributed by atoms with Crippen LogP contribution < -0.4 is 0 Å². The molecule has 2 heterocycles. The van der Waals surface area contributed by atoms with Crippen molar-refractivity contribution in [2.24, 2.45) is 0 Å². The molecule has 2 aromatic carbocycles. The monoisotopic (exact) mass is 423 g/mol. The highest BCUT2D eigenvalue weighted by Crippen LogP contribution is 2.30. The van der Waals surface area contributed by atoms with E-state index in [4.69, 9.17) is 9.68 Å². The summed E-state index contributed by atoms with van der Waals surface area (Å²) in [6.45, 7) is 0.962. The molecule has 0 N–H and O–H groups in total. The molecule has 0 saturated carbocycles. The SMILES string of the molecule is N#Cc1ccc(CS(=O)(=O)CC(=O)N2CCC(c3nc4ccccc4o3)CC2)cc1. The lowest BCUT2D eigenvalue weighted by molar-refractivity contribution is -0.129. The number of fused-ring (bicyclic) bond motifs is 1. The van der Waals surface area contributed by atoms with Gasteiger partial charge in [0.25, 0.3) is 0 Å². The molecular weight excluding hydrogens is 402 g/mol. The molecule has 0 bridgehead atoms. The Morgan fingerprint density at radius 1 is 1.13 bits per heavy atom. The van der Waals surface area contributed by atoms with E-state index in [1.807, 2.05) is 30.3 Å². The second kappa shape index (κ2) is 8.28. The lowest BCUT2D eigenvalue weighted by Crippen LogP contribution is -2.41. The van der Waals surface area contributed by atoms with Crippen molar-refractivity contribution >= 4 is 26.8 Å². The lowest BCUT2D eigenvalue weighted by atomic mass is 9.97. The predicted molar refractivity (Wildman–Crippen MR) is 111 cm³/mol. The van der Waals surface area contributed by atoms with Crippen LogP contribution in [0.1, 0.15) is 35.8 Å². The van der Waals surface area contributed by atoms with E-state index in [2.05, 4.69) is 4.98 Å². The van der Waals surface area contributed by atoms with Crippen LogP contribution in [0, 0.1) is 11.3 Å². The summed E-state index contributed by atoms with van der Waals surface area (Å²) in [6, 6.07) is 15.9. The predicted octanol–water partition coefficient (Wildman–Crippen LogP) is 3.02. The molecule has 1 aromatic heterocycles. The van der Waals surface area contributed by atoms with E-state index in [-0.39, 0.29) is 17.6 Å². The Labute approximate surface area is 174 Å².